The maximum Gasteiger partial charge on any atom is 0.128 e. The Hall–Kier alpha value is -1.94. The van der Waals surface area contributed by atoms with E-state index >= 15 is 0 Å². The molecule has 0 fully saturated rings. The van der Waals surface area contributed by atoms with Gasteiger partial charge in [-0.25, -0.2) is 8.78 Å². The van der Waals surface area contributed by atoms with Gasteiger partial charge in [-0.1, -0.05) is 18.2 Å². The number of hydrogen-bond donors (Lipinski definition) is 1. The van der Waals surface area contributed by atoms with Crippen molar-refractivity contribution in [3.63, 3.8) is 0 Å². The molecule has 2 aromatic carbocycles. The van der Waals surface area contributed by atoms with Gasteiger partial charge >= 0.3 is 0 Å². The Labute approximate surface area is 122 Å². The minimum Gasteiger partial charge on any atom is -0.493 e. The van der Waals surface area contributed by atoms with Crippen LogP contribution in [0.15, 0.2) is 36.4 Å². The topological polar surface area (TPSA) is 21.3 Å². The molecule has 4 heteroatoms. The summed E-state index contributed by atoms with van der Waals surface area (Å²) >= 11 is 0. The van der Waals surface area contributed by atoms with Crippen LogP contribution in [0, 0.1) is 18.6 Å². The average molecular weight is 289 g/mol. The van der Waals surface area contributed by atoms with Gasteiger partial charge in [-0.3, -0.25) is 0 Å². The molecule has 110 valence electrons. The lowest BCUT2D eigenvalue weighted by Crippen LogP contribution is -2.26. The van der Waals surface area contributed by atoms with Gasteiger partial charge in [0.15, 0.2) is 0 Å². The van der Waals surface area contributed by atoms with E-state index < -0.39 is 5.82 Å². The number of benzene rings is 2. The monoisotopic (exact) mass is 289 g/mol. The van der Waals surface area contributed by atoms with Gasteiger partial charge in [0.1, 0.15) is 17.4 Å². The number of rotatable bonds is 3. The molecule has 0 radical (unpaired) electrons. The fourth-order valence-electron chi connectivity index (χ4n) is 2.94. The number of likely N-dealkylation sites (N-methyl/N-ethyl adjacent to an activating group) is 1. The summed E-state index contributed by atoms with van der Waals surface area (Å²) in [4.78, 5) is 0. The van der Waals surface area contributed by atoms with E-state index in [1.807, 2.05) is 24.3 Å². The van der Waals surface area contributed by atoms with Crippen molar-refractivity contribution in [1.82, 2.24) is 5.32 Å². The number of para-hydroxylation sites is 1. The second-order valence-electron chi connectivity index (χ2n) is 5.34. The van der Waals surface area contributed by atoms with E-state index in [1.165, 1.54) is 12.1 Å². The second kappa shape index (κ2) is 5.45. The van der Waals surface area contributed by atoms with Gasteiger partial charge in [0.05, 0.1) is 6.61 Å². The van der Waals surface area contributed by atoms with Crippen molar-refractivity contribution in [2.75, 3.05) is 13.7 Å². The summed E-state index contributed by atoms with van der Waals surface area (Å²) in [5, 5.41) is 3.10. The fourth-order valence-corrected chi connectivity index (χ4v) is 2.94. The summed E-state index contributed by atoms with van der Waals surface area (Å²) in [7, 11) is 1.75. The molecule has 1 N–H and O–H groups in total. The molecule has 0 saturated carbocycles. The first-order chi connectivity index (χ1) is 10.1. The van der Waals surface area contributed by atoms with Crippen LogP contribution in [0.4, 0.5) is 8.78 Å². The first-order valence-electron chi connectivity index (χ1n) is 6.96. The highest BCUT2D eigenvalue weighted by Crippen LogP contribution is 2.41. The molecule has 2 nitrogen and oxygen atoms in total. The van der Waals surface area contributed by atoms with Gasteiger partial charge in [-0.15, -0.1) is 0 Å². The lowest BCUT2D eigenvalue weighted by molar-refractivity contribution is 0.301. The van der Waals surface area contributed by atoms with Crippen LogP contribution in [0.1, 0.15) is 28.7 Å². The highest BCUT2D eigenvalue weighted by atomic mass is 19.1. The summed E-state index contributed by atoms with van der Waals surface area (Å²) in [6.07, 6.45) is 0. The molecule has 0 spiro atoms. The first kappa shape index (κ1) is 14.0. The SMILES string of the molecule is CNC(c1cc(F)c(C)cc1F)C1COc2ccccc21. The molecule has 3 rings (SSSR count). The normalized spacial score (nSPS) is 18.2. The standard InChI is InChI=1S/C17H17F2NO/c1-10-7-15(19)12(8-14(10)18)17(20-2)13-9-21-16-6-4-3-5-11(13)16/h3-8,13,17,20H,9H2,1-2H3. The Morgan fingerprint density at radius 2 is 1.95 bits per heavy atom. The van der Waals surface area contributed by atoms with Crippen molar-refractivity contribution >= 4 is 0 Å². The van der Waals surface area contributed by atoms with E-state index in [2.05, 4.69) is 5.32 Å². The Morgan fingerprint density at radius 1 is 1.19 bits per heavy atom. The van der Waals surface area contributed by atoms with Gasteiger partial charge in [0.2, 0.25) is 0 Å². The van der Waals surface area contributed by atoms with Gasteiger partial charge in [-0.2, -0.15) is 0 Å². The van der Waals surface area contributed by atoms with E-state index in [0.29, 0.717) is 17.7 Å². The first-order valence-corrected chi connectivity index (χ1v) is 6.96. The smallest absolute Gasteiger partial charge is 0.128 e. The molecule has 21 heavy (non-hydrogen) atoms. The Morgan fingerprint density at radius 3 is 2.71 bits per heavy atom. The maximum atomic E-state index is 14.2. The summed E-state index contributed by atoms with van der Waals surface area (Å²) < 4.78 is 33.7. The summed E-state index contributed by atoms with van der Waals surface area (Å²) in [5.74, 6) is -0.00460. The van der Waals surface area contributed by atoms with Crippen LogP contribution in [0.2, 0.25) is 0 Å². The zero-order valence-electron chi connectivity index (χ0n) is 12.0. The zero-order valence-corrected chi connectivity index (χ0v) is 12.0. The van der Waals surface area contributed by atoms with Gasteiger partial charge in [-0.05, 0) is 37.7 Å². The molecular formula is C17H17F2NO. The molecule has 0 saturated heterocycles. The average Bonchev–Trinajstić information content (AvgIpc) is 2.89. The number of aryl methyl sites for hydroxylation is 1. The third kappa shape index (κ3) is 2.40. The van der Waals surface area contributed by atoms with Crippen LogP contribution in [-0.4, -0.2) is 13.7 Å². The predicted octanol–water partition coefficient (Wildman–Crippen LogP) is 3.71. The number of nitrogens with one attached hydrogen (secondary N) is 1. The lowest BCUT2D eigenvalue weighted by atomic mass is 9.88. The third-order valence-electron chi connectivity index (χ3n) is 4.06. The molecule has 1 aliphatic rings. The minimum atomic E-state index is -0.391. The van der Waals surface area contributed by atoms with Crippen molar-refractivity contribution in [1.29, 1.82) is 0 Å². The molecule has 0 bridgehead atoms. The molecule has 2 atom stereocenters. The van der Waals surface area contributed by atoms with Crippen molar-refractivity contribution < 1.29 is 13.5 Å². The number of ether oxygens (including phenoxy) is 1. The molecule has 2 aromatic rings. The molecule has 2 unspecified atom stereocenters. The van der Waals surface area contributed by atoms with Gasteiger partial charge in [0.25, 0.3) is 0 Å². The second-order valence-corrected chi connectivity index (χ2v) is 5.34. The van der Waals surface area contributed by atoms with Crippen molar-refractivity contribution in [2.45, 2.75) is 18.9 Å². The summed E-state index contributed by atoms with van der Waals surface area (Å²) in [5.41, 5.74) is 1.68. The van der Waals surface area contributed by atoms with Crippen molar-refractivity contribution in [3.05, 3.63) is 64.7 Å². The van der Waals surface area contributed by atoms with Crippen LogP contribution in [0.3, 0.4) is 0 Å². The summed E-state index contributed by atoms with van der Waals surface area (Å²) in [6.45, 7) is 2.02. The van der Waals surface area contributed by atoms with Crippen LogP contribution in [0.5, 0.6) is 5.75 Å². The highest BCUT2D eigenvalue weighted by Gasteiger charge is 2.33. The van der Waals surface area contributed by atoms with Crippen molar-refractivity contribution in [2.24, 2.45) is 0 Å². The Bertz CT molecular complexity index is 672. The van der Waals surface area contributed by atoms with E-state index in [1.54, 1.807) is 14.0 Å². The Kier molecular flexibility index (Phi) is 3.64. The number of fused-ring (bicyclic) bond motifs is 1. The highest BCUT2D eigenvalue weighted by molar-refractivity contribution is 5.42. The van der Waals surface area contributed by atoms with E-state index in [9.17, 15) is 8.78 Å². The molecule has 0 aliphatic carbocycles. The van der Waals surface area contributed by atoms with Crippen molar-refractivity contribution in [3.8, 4) is 5.75 Å². The van der Waals surface area contributed by atoms with E-state index in [-0.39, 0.29) is 17.8 Å². The van der Waals surface area contributed by atoms with E-state index in [4.69, 9.17) is 4.74 Å². The van der Waals surface area contributed by atoms with Crippen LogP contribution >= 0.6 is 0 Å². The van der Waals surface area contributed by atoms with Crippen LogP contribution in [0.25, 0.3) is 0 Å². The molecule has 0 amide bonds. The quantitative estimate of drug-likeness (QED) is 0.930. The molecular weight excluding hydrogens is 272 g/mol. The third-order valence-corrected chi connectivity index (χ3v) is 4.06. The Balaban J connectivity index is 2.03. The molecule has 0 aromatic heterocycles. The molecule has 1 aliphatic heterocycles. The summed E-state index contributed by atoms with van der Waals surface area (Å²) in [6, 6.07) is 9.90. The minimum absolute atomic E-state index is 0.0391. The van der Waals surface area contributed by atoms with Gasteiger partial charge in [0, 0.05) is 23.1 Å². The maximum absolute atomic E-state index is 14.2. The van der Waals surface area contributed by atoms with Gasteiger partial charge < -0.3 is 10.1 Å². The number of hydrogen-bond acceptors (Lipinski definition) is 2. The number of halogens is 2. The zero-order chi connectivity index (χ0) is 15.0. The van der Waals surface area contributed by atoms with E-state index in [0.717, 1.165) is 11.3 Å². The van der Waals surface area contributed by atoms with Crippen LogP contribution < -0.4 is 10.1 Å². The molecule has 1 heterocycles. The van der Waals surface area contributed by atoms with Crippen LogP contribution in [-0.2, 0) is 0 Å². The lowest BCUT2D eigenvalue weighted by Gasteiger charge is -2.23. The fraction of sp³-hybridized carbons (Fsp3) is 0.294. The largest absolute Gasteiger partial charge is 0.493 e. The predicted molar refractivity (Wildman–Crippen MR) is 77.6 cm³/mol.